The summed E-state index contributed by atoms with van der Waals surface area (Å²) in [6, 6.07) is 6.42. The van der Waals surface area contributed by atoms with Gasteiger partial charge in [-0.1, -0.05) is 37.4 Å². The van der Waals surface area contributed by atoms with Crippen molar-refractivity contribution in [3.63, 3.8) is 0 Å². The van der Waals surface area contributed by atoms with Crippen molar-refractivity contribution in [2.24, 2.45) is 5.92 Å². The lowest BCUT2D eigenvalue weighted by Crippen LogP contribution is -2.26. The molecule has 1 aliphatic rings. The van der Waals surface area contributed by atoms with E-state index in [1.54, 1.807) is 11.0 Å². The minimum absolute atomic E-state index is 0.513. The van der Waals surface area contributed by atoms with Crippen LogP contribution in [0.2, 0.25) is 5.02 Å². The summed E-state index contributed by atoms with van der Waals surface area (Å²) in [4.78, 5) is 4.01. The van der Waals surface area contributed by atoms with E-state index in [1.165, 1.54) is 32.0 Å². The molecule has 1 aliphatic carbocycles. The van der Waals surface area contributed by atoms with Crippen molar-refractivity contribution in [2.75, 3.05) is 5.32 Å². The Morgan fingerprint density at radius 3 is 3.00 bits per heavy atom. The fraction of sp³-hybridized carbons (Fsp3) is 0.467. The molecule has 1 aromatic heterocycles. The summed E-state index contributed by atoms with van der Waals surface area (Å²) in [6.07, 6.45) is 8.25. The Bertz CT molecular complexity index is 567. The molecule has 1 heterocycles. The van der Waals surface area contributed by atoms with Gasteiger partial charge in [-0.15, -0.1) is 0 Å². The summed E-state index contributed by atoms with van der Waals surface area (Å²) < 4.78 is 1.72. The predicted molar refractivity (Wildman–Crippen MR) is 81.4 cm³/mol. The molecule has 2 aromatic rings. The molecule has 0 saturated heterocycles. The summed E-state index contributed by atoms with van der Waals surface area (Å²) in [6.45, 7) is 2.32. The van der Waals surface area contributed by atoms with Crippen molar-refractivity contribution in [3.8, 4) is 5.69 Å². The molecule has 0 amide bonds. The largest absolute Gasteiger partial charge is 0.381 e. The van der Waals surface area contributed by atoms with Crippen molar-refractivity contribution in [1.82, 2.24) is 14.8 Å². The van der Waals surface area contributed by atoms with E-state index in [0.717, 1.165) is 17.3 Å². The normalized spacial score (nSPS) is 22.7. The molecule has 1 saturated carbocycles. The van der Waals surface area contributed by atoms with E-state index in [1.807, 2.05) is 12.1 Å². The number of hydrogen-bond donors (Lipinski definition) is 1. The smallest absolute Gasteiger partial charge is 0.138 e. The first-order chi connectivity index (χ1) is 9.74. The highest BCUT2D eigenvalue weighted by Gasteiger charge is 2.20. The minimum atomic E-state index is 0.513. The number of benzene rings is 1. The summed E-state index contributed by atoms with van der Waals surface area (Å²) in [7, 11) is 0. The molecule has 1 fully saturated rings. The number of aromatic nitrogens is 3. The van der Waals surface area contributed by atoms with Crippen LogP contribution >= 0.6 is 11.6 Å². The first-order valence-electron chi connectivity index (χ1n) is 7.14. The van der Waals surface area contributed by atoms with E-state index in [0.29, 0.717) is 11.1 Å². The number of para-hydroxylation sites is 1. The maximum absolute atomic E-state index is 6.34. The quantitative estimate of drug-likeness (QED) is 0.932. The highest BCUT2D eigenvalue weighted by Crippen LogP contribution is 2.31. The van der Waals surface area contributed by atoms with Crippen LogP contribution in [0.3, 0.4) is 0 Å². The lowest BCUT2D eigenvalue weighted by molar-refractivity contribution is 0.358. The molecule has 0 bridgehead atoms. The summed E-state index contributed by atoms with van der Waals surface area (Å²) in [5, 5.41) is 8.52. The lowest BCUT2D eigenvalue weighted by atomic mass is 9.87. The van der Waals surface area contributed by atoms with Gasteiger partial charge in [-0.25, -0.2) is 9.67 Å². The van der Waals surface area contributed by atoms with Gasteiger partial charge in [-0.2, -0.15) is 5.10 Å². The Labute approximate surface area is 124 Å². The molecular formula is C15H19ClN4. The Morgan fingerprint density at radius 1 is 1.35 bits per heavy atom. The lowest BCUT2D eigenvalue weighted by Gasteiger charge is -2.29. The zero-order chi connectivity index (χ0) is 13.9. The number of rotatable bonds is 3. The Hall–Kier alpha value is -1.55. The number of anilines is 1. The maximum atomic E-state index is 6.34. The van der Waals surface area contributed by atoms with Crippen LogP contribution in [-0.4, -0.2) is 20.8 Å². The molecule has 2 unspecified atom stereocenters. The fourth-order valence-corrected chi connectivity index (χ4v) is 3.23. The second-order valence-corrected chi connectivity index (χ2v) is 6.00. The van der Waals surface area contributed by atoms with Crippen LogP contribution in [0, 0.1) is 5.92 Å². The van der Waals surface area contributed by atoms with E-state index in [4.69, 9.17) is 11.6 Å². The number of nitrogens with one attached hydrogen (secondary N) is 1. The van der Waals surface area contributed by atoms with Crippen molar-refractivity contribution in [2.45, 2.75) is 38.6 Å². The van der Waals surface area contributed by atoms with Gasteiger partial charge in [-0.05, 0) is 30.9 Å². The van der Waals surface area contributed by atoms with Crippen LogP contribution in [-0.2, 0) is 0 Å². The third-order valence-corrected chi connectivity index (χ3v) is 4.24. The minimum Gasteiger partial charge on any atom is -0.381 e. The summed E-state index contributed by atoms with van der Waals surface area (Å²) in [5.74, 6) is 0.787. The number of halogens is 1. The average Bonchev–Trinajstić information content (AvgIpc) is 2.92. The SMILES string of the molecule is CC1CCCC(Nc2cccc(Cl)c2-n2cncn2)C1. The van der Waals surface area contributed by atoms with Gasteiger partial charge < -0.3 is 5.32 Å². The molecule has 0 radical (unpaired) electrons. The number of hydrogen-bond acceptors (Lipinski definition) is 3. The van der Waals surface area contributed by atoms with Crippen LogP contribution in [0.1, 0.15) is 32.6 Å². The van der Waals surface area contributed by atoms with Gasteiger partial charge in [0.15, 0.2) is 0 Å². The van der Waals surface area contributed by atoms with Crippen LogP contribution < -0.4 is 5.32 Å². The molecule has 2 atom stereocenters. The Kier molecular flexibility index (Phi) is 3.92. The highest BCUT2D eigenvalue weighted by atomic mass is 35.5. The van der Waals surface area contributed by atoms with Crippen molar-refractivity contribution >= 4 is 17.3 Å². The highest BCUT2D eigenvalue weighted by molar-refractivity contribution is 6.33. The molecular weight excluding hydrogens is 272 g/mol. The molecule has 0 aliphatic heterocycles. The zero-order valence-electron chi connectivity index (χ0n) is 11.6. The first-order valence-corrected chi connectivity index (χ1v) is 7.52. The second kappa shape index (κ2) is 5.83. The third-order valence-electron chi connectivity index (χ3n) is 3.93. The summed E-state index contributed by atoms with van der Waals surface area (Å²) in [5.41, 5.74) is 1.91. The van der Waals surface area contributed by atoms with Crippen molar-refractivity contribution in [3.05, 3.63) is 35.9 Å². The molecule has 4 nitrogen and oxygen atoms in total. The van der Waals surface area contributed by atoms with Gasteiger partial charge in [0.2, 0.25) is 0 Å². The molecule has 1 aromatic carbocycles. The zero-order valence-corrected chi connectivity index (χ0v) is 12.3. The van der Waals surface area contributed by atoms with Gasteiger partial charge in [0.05, 0.1) is 10.7 Å². The van der Waals surface area contributed by atoms with E-state index < -0.39 is 0 Å². The van der Waals surface area contributed by atoms with E-state index in [9.17, 15) is 0 Å². The molecule has 106 valence electrons. The molecule has 5 heteroatoms. The van der Waals surface area contributed by atoms with Gasteiger partial charge in [0, 0.05) is 6.04 Å². The van der Waals surface area contributed by atoms with E-state index in [2.05, 4.69) is 28.4 Å². The molecule has 0 spiro atoms. The predicted octanol–water partition coefficient (Wildman–Crippen LogP) is 3.91. The average molecular weight is 291 g/mol. The topological polar surface area (TPSA) is 42.7 Å². The molecule has 3 rings (SSSR count). The van der Waals surface area contributed by atoms with Crippen molar-refractivity contribution in [1.29, 1.82) is 0 Å². The summed E-state index contributed by atoms with van der Waals surface area (Å²) >= 11 is 6.34. The molecule has 20 heavy (non-hydrogen) atoms. The van der Waals surface area contributed by atoms with Gasteiger partial charge in [0.25, 0.3) is 0 Å². The second-order valence-electron chi connectivity index (χ2n) is 5.59. The first kappa shape index (κ1) is 13.4. The third kappa shape index (κ3) is 2.80. The Morgan fingerprint density at radius 2 is 2.25 bits per heavy atom. The van der Waals surface area contributed by atoms with Gasteiger partial charge in [0.1, 0.15) is 18.3 Å². The molecule has 1 N–H and O–H groups in total. The van der Waals surface area contributed by atoms with Crippen molar-refractivity contribution < 1.29 is 0 Å². The fourth-order valence-electron chi connectivity index (χ4n) is 2.97. The standard InChI is InChI=1S/C15H19ClN4/c1-11-4-2-5-12(8-11)19-14-7-3-6-13(16)15(14)20-10-17-9-18-20/h3,6-7,9-12,19H,2,4-5,8H2,1H3. The van der Waals surface area contributed by atoms with Crippen LogP contribution in [0.5, 0.6) is 0 Å². The Balaban J connectivity index is 1.88. The monoisotopic (exact) mass is 290 g/mol. The van der Waals surface area contributed by atoms with Crippen LogP contribution in [0.4, 0.5) is 5.69 Å². The number of nitrogens with zero attached hydrogens (tertiary/aromatic N) is 3. The van der Waals surface area contributed by atoms with Crippen LogP contribution in [0.15, 0.2) is 30.9 Å². The van der Waals surface area contributed by atoms with Gasteiger partial charge in [-0.3, -0.25) is 0 Å². The van der Waals surface area contributed by atoms with E-state index in [-0.39, 0.29) is 0 Å². The van der Waals surface area contributed by atoms with E-state index >= 15 is 0 Å². The van der Waals surface area contributed by atoms with Gasteiger partial charge >= 0.3 is 0 Å². The maximum Gasteiger partial charge on any atom is 0.138 e. The van der Waals surface area contributed by atoms with Crippen LogP contribution in [0.25, 0.3) is 5.69 Å².